The van der Waals surface area contributed by atoms with Gasteiger partial charge in [0.2, 0.25) is 0 Å². The Bertz CT molecular complexity index is 848. The molecule has 1 aromatic rings. The Balaban J connectivity index is 3.23. The van der Waals surface area contributed by atoms with Crippen molar-refractivity contribution in [2.24, 2.45) is 21.0 Å². The molecule has 0 radical (unpaired) electrons. The molecular formula is C19H25F2N5O3. The predicted octanol–water partition coefficient (Wildman–Crippen LogP) is 2.16. The van der Waals surface area contributed by atoms with Crippen LogP contribution in [-0.2, 0) is 21.1 Å². The molecule has 1 aromatic carbocycles. The zero-order valence-corrected chi connectivity index (χ0v) is 17.0. The summed E-state index contributed by atoms with van der Waals surface area (Å²) in [6.45, 7) is 3.27. The predicted molar refractivity (Wildman–Crippen MR) is 108 cm³/mol. The van der Waals surface area contributed by atoms with E-state index < -0.39 is 18.0 Å². The van der Waals surface area contributed by atoms with Crippen molar-refractivity contribution in [1.82, 2.24) is 5.32 Å². The lowest BCUT2D eigenvalue weighted by Gasteiger charge is -2.13. The number of oxime groups is 2. The van der Waals surface area contributed by atoms with Crippen LogP contribution >= 0.6 is 0 Å². The molecule has 0 atom stereocenters. The minimum Gasteiger partial charge on any atom is -0.398 e. The topological polar surface area (TPSA) is 111 Å². The van der Waals surface area contributed by atoms with E-state index in [0.717, 1.165) is 5.56 Å². The number of nitrogens with two attached hydrogens (primary N) is 1. The van der Waals surface area contributed by atoms with Gasteiger partial charge in [-0.3, -0.25) is 9.79 Å². The lowest BCUT2D eigenvalue weighted by atomic mass is 9.98. The summed E-state index contributed by atoms with van der Waals surface area (Å²) in [4.78, 5) is 26.0. The molecule has 1 rings (SSSR count). The first-order valence-electron chi connectivity index (χ1n) is 8.57. The number of allylic oxidation sites excluding steroid dienone is 2. The van der Waals surface area contributed by atoms with Crippen LogP contribution in [0, 0.1) is 6.92 Å². The fourth-order valence-corrected chi connectivity index (χ4v) is 2.40. The smallest absolute Gasteiger partial charge is 0.278 e. The number of amides is 1. The normalized spacial score (nSPS) is 13.5. The van der Waals surface area contributed by atoms with Gasteiger partial charge in [-0.2, -0.15) is 0 Å². The number of aryl methyl sites for hydroxylation is 1. The number of rotatable bonds is 9. The van der Waals surface area contributed by atoms with Crippen molar-refractivity contribution >= 4 is 23.5 Å². The first kappa shape index (κ1) is 23.7. The Labute approximate surface area is 168 Å². The van der Waals surface area contributed by atoms with Gasteiger partial charge >= 0.3 is 0 Å². The third-order valence-electron chi connectivity index (χ3n) is 3.89. The first-order chi connectivity index (χ1) is 13.8. The lowest BCUT2D eigenvalue weighted by molar-refractivity contribution is -0.114. The standard InChI is InChI=1S/C19H25F2N5O3/c1-11-7-6-8-13(17(26-28-5)19(27)24-4)15(11)10-29-25-12(2)14(9-23-3)16(22)18(20)21/h6-9,18H,10,22H2,1-5H3,(H,24,27)/b16-14?,23-9?,25-12+,26-17+. The van der Waals surface area contributed by atoms with E-state index in [1.165, 1.54) is 34.3 Å². The number of nitrogens with one attached hydrogen (secondary N) is 1. The van der Waals surface area contributed by atoms with Crippen molar-refractivity contribution in [3.05, 3.63) is 46.2 Å². The Kier molecular flexibility index (Phi) is 9.43. The van der Waals surface area contributed by atoms with Crippen molar-refractivity contribution in [2.45, 2.75) is 26.9 Å². The van der Waals surface area contributed by atoms with Crippen molar-refractivity contribution in [2.75, 3.05) is 21.2 Å². The Hall–Kier alpha value is -3.30. The highest BCUT2D eigenvalue weighted by molar-refractivity contribution is 6.45. The minimum atomic E-state index is -2.85. The van der Waals surface area contributed by atoms with E-state index in [4.69, 9.17) is 15.4 Å². The van der Waals surface area contributed by atoms with Gasteiger partial charge < -0.3 is 20.7 Å². The molecular weight excluding hydrogens is 384 g/mol. The molecule has 0 aromatic heterocycles. The molecule has 3 N–H and O–H groups in total. The molecule has 29 heavy (non-hydrogen) atoms. The Morgan fingerprint density at radius 3 is 2.59 bits per heavy atom. The van der Waals surface area contributed by atoms with Gasteiger partial charge in [-0.25, -0.2) is 8.78 Å². The van der Waals surface area contributed by atoms with Crippen molar-refractivity contribution < 1.29 is 23.3 Å². The van der Waals surface area contributed by atoms with Gasteiger partial charge in [0.25, 0.3) is 12.3 Å². The number of alkyl halides is 2. The number of nitrogens with zero attached hydrogens (tertiary/aromatic N) is 3. The number of likely N-dealkylation sites (N-methyl/N-ethyl adjacent to an activating group) is 1. The third kappa shape index (κ3) is 6.37. The minimum absolute atomic E-state index is 0.0143. The molecule has 0 unspecified atom stereocenters. The van der Waals surface area contributed by atoms with Crippen LogP contribution < -0.4 is 11.1 Å². The third-order valence-corrected chi connectivity index (χ3v) is 3.89. The molecule has 10 heteroatoms. The zero-order chi connectivity index (χ0) is 22.0. The average molecular weight is 409 g/mol. The maximum atomic E-state index is 12.9. The van der Waals surface area contributed by atoms with Crippen molar-refractivity contribution in [3.8, 4) is 0 Å². The largest absolute Gasteiger partial charge is 0.398 e. The van der Waals surface area contributed by atoms with Gasteiger partial charge in [0.05, 0.1) is 11.4 Å². The van der Waals surface area contributed by atoms with Crippen LogP contribution in [0.25, 0.3) is 0 Å². The fraction of sp³-hybridized carbons (Fsp3) is 0.368. The summed E-state index contributed by atoms with van der Waals surface area (Å²) in [5, 5.41) is 10.2. The average Bonchev–Trinajstić information content (AvgIpc) is 2.70. The van der Waals surface area contributed by atoms with E-state index in [-0.39, 0.29) is 23.6 Å². The van der Waals surface area contributed by atoms with Crippen LogP contribution in [0.3, 0.4) is 0 Å². The van der Waals surface area contributed by atoms with E-state index >= 15 is 0 Å². The quantitative estimate of drug-likeness (QED) is 0.481. The number of carbonyl (C=O) groups excluding carboxylic acids is 1. The molecule has 1 amide bonds. The fourth-order valence-electron chi connectivity index (χ4n) is 2.40. The molecule has 158 valence electrons. The first-order valence-corrected chi connectivity index (χ1v) is 8.57. The summed E-state index contributed by atoms with van der Waals surface area (Å²) in [5.74, 6) is -0.438. The van der Waals surface area contributed by atoms with Crippen LogP contribution in [-0.4, -0.2) is 51.2 Å². The van der Waals surface area contributed by atoms with Crippen molar-refractivity contribution in [1.29, 1.82) is 0 Å². The SMILES string of the molecule is CN=CC(=C(N)C(F)F)/C(C)=N/OCc1c(C)cccc1/C(=N\OC)C(=O)NC. The highest BCUT2D eigenvalue weighted by Crippen LogP contribution is 2.18. The van der Waals surface area contributed by atoms with Gasteiger partial charge in [0.15, 0.2) is 5.71 Å². The molecule has 0 heterocycles. The van der Waals surface area contributed by atoms with Crippen LogP contribution in [0.1, 0.15) is 23.6 Å². The number of benzene rings is 1. The molecule has 0 fully saturated rings. The second kappa shape index (κ2) is 11.5. The van der Waals surface area contributed by atoms with Crippen LogP contribution in [0.15, 0.2) is 44.8 Å². The van der Waals surface area contributed by atoms with Gasteiger partial charge in [-0.1, -0.05) is 28.5 Å². The maximum Gasteiger partial charge on any atom is 0.278 e. The van der Waals surface area contributed by atoms with Gasteiger partial charge in [0, 0.05) is 37.0 Å². The Morgan fingerprint density at radius 2 is 2.03 bits per heavy atom. The molecule has 0 aliphatic rings. The van der Waals surface area contributed by atoms with E-state index in [2.05, 4.69) is 20.6 Å². The van der Waals surface area contributed by atoms with E-state index in [9.17, 15) is 13.6 Å². The molecule has 0 saturated carbocycles. The van der Waals surface area contributed by atoms with Gasteiger partial charge in [-0.15, -0.1) is 0 Å². The second-order valence-corrected chi connectivity index (χ2v) is 5.81. The summed E-state index contributed by atoms with van der Waals surface area (Å²) < 4.78 is 25.8. The summed E-state index contributed by atoms with van der Waals surface area (Å²) in [7, 11) is 4.24. The second-order valence-electron chi connectivity index (χ2n) is 5.81. The van der Waals surface area contributed by atoms with Gasteiger partial charge in [0.1, 0.15) is 13.7 Å². The van der Waals surface area contributed by atoms with Crippen LogP contribution in [0.2, 0.25) is 0 Å². The Morgan fingerprint density at radius 1 is 1.34 bits per heavy atom. The highest BCUT2D eigenvalue weighted by atomic mass is 19.3. The molecule has 0 spiro atoms. The molecule has 0 aliphatic heterocycles. The summed E-state index contributed by atoms with van der Waals surface area (Å²) in [6.07, 6.45) is -1.66. The number of halogens is 2. The number of hydrogen-bond acceptors (Lipinski definition) is 7. The molecule has 0 bridgehead atoms. The van der Waals surface area contributed by atoms with Crippen LogP contribution in [0.5, 0.6) is 0 Å². The summed E-state index contributed by atoms with van der Waals surface area (Å²) in [6, 6.07) is 5.29. The van der Waals surface area contributed by atoms with E-state index in [1.807, 2.05) is 13.0 Å². The molecule has 0 saturated heterocycles. The monoisotopic (exact) mass is 409 g/mol. The number of carbonyl (C=O) groups is 1. The van der Waals surface area contributed by atoms with Gasteiger partial charge in [-0.05, 0) is 19.4 Å². The van der Waals surface area contributed by atoms with E-state index in [1.54, 1.807) is 12.1 Å². The summed E-state index contributed by atoms with van der Waals surface area (Å²) >= 11 is 0. The van der Waals surface area contributed by atoms with Crippen LogP contribution in [0.4, 0.5) is 8.78 Å². The van der Waals surface area contributed by atoms with E-state index in [0.29, 0.717) is 11.1 Å². The lowest BCUT2D eigenvalue weighted by Crippen LogP contribution is -2.29. The van der Waals surface area contributed by atoms with Crippen molar-refractivity contribution in [3.63, 3.8) is 0 Å². The molecule has 0 aliphatic carbocycles. The molecule has 8 nitrogen and oxygen atoms in total. The highest BCUT2D eigenvalue weighted by Gasteiger charge is 2.19. The number of hydrogen-bond donors (Lipinski definition) is 2. The number of aliphatic imine (C=N–C) groups is 1. The maximum absolute atomic E-state index is 12.9. The zero-order valence-electron chi connectivity index (χ0n) is 17.0. The summed E-state index contributed by atoms with van der Waals surface area (Å²) in [5.41, 5.74) is 6.93.